The maximum absolute atomic E-state index is 12.8. The number of aliphatic hydroxyl groups excluding tert-OH is 1. The molecule has 0 aromatic heterocycles. The Labute approximate surface area is 176 Å². The Kier molecular flexibility index (Phi) is 6.52. The van der Waals surface area contributed by atoms with Crippen LogP contribution in [0, 0.1) is 17.2 Å². The molecule has 5 atom stereocenters. The highest BCUT2D eigenvalue weighted by atomic mass is 16.6. The molecule has 9 nitrogen and oxygen atoms in total. The van der Waals surface area contributed by atoms with E-state index in [0.29, 0.717) is 12.1 Å². The summed E-state index contributed by atoms with van der Waals surface area (Å²) in [7, 11) is 0. The molecule has 30 heavy (non-hydrogen) atoms. The van der Waals surface area contributed by atoms with Crippen molar-refractivity contribution in [1.29, 1.82) is 5.26 Å². The van der Waals surface area contributed by atoms with Crippen LogP contribution in [-0.2, 0) is 11.2 Å². The summed E-state index contributed by atoms with van der Waals surface area (Å²) in [5.74, 6) is 0.187. The molecule has 160 valence electrons. The van der Waals surface area contributed by atoms with Crippen molar-refractivity contribution in [3.63, 3.8) is 0 Å². The molecule has 1 aliphatic carbocycles. The van der Waals surface area contributed by atoms with Crippen molar-refractivity contribution in [2.24, 2.45) is 11.0 Å². The third kappa shape index (κ3) is 5.03. The fourth-order valence-electron chi connectivity index (χ4n) is 4.45. The maximum Gasteiger partial charge on any atom is 0.410 e. The minimum absolute atomic E-state index is 0.0695. The Bertz CT molecular complexity index is 853. The second-order valence-electron chi connectivity index (χ2n) is 8.96. The number of nitriles is 1. The van der Waals surface area contributed by atoms with E-state index >= 15 is 0 Å². The maximum atomic E-state index is 12.8. The van der Waals surface area contributed by atoms with Gasteiger partial charge in [0.25, 0.3) is 0 Å². The van der Waals surface area contributed by atoms with Gasteiger partial charge in [0.05, 0.1) is 12.1 Å². The van der Waals surface area contributed by atoms with Crippen molar-refractivity contribution in [2.45, 2.75) is 76.4 Å². The van der Waals surface area contributed by atoms with Crippen LogP contribution in [0.5, 0.6) is 0 Å². The predicted molar refractivity (Wildman–Crippen MR) is 110 cm³/mol. The van der Waals surface area contributed by atoms with Crippen molar-refractivity contribution in [3.8, 4) is 6.07 Å². The summed E-state index contributed by atoms with van der Waals surface area (Å²) in [6.45, 7) is 5.46. The SMILES string of the molecule is CC(C)(C)OC(=O)N1C2CCC(C2)C1C(O)NC(C#N)Cc1ccc(N=[N+]=[N-])cc1. The van der Waals surface area contributed by atoms with Crippen LogP contribution in [0.4, 0.5) is 10.5 Å². The van der Waals surface area contributed by atoms with E-state index in [2.05, 4.69) is 21.4 Å². The summed E-state index contributed by atoms with van der Waals surface area (Å²) in [6, 6.07) is 8.13. The van der Waals surface area contributed by atoms with Gasteiger partial charge in [-0.15, -0.1) is 0 Å². The number of hydrogen-bond acceptors (Lipinski definition) is 6. The molecule has 1 saturated heterocycles. The van der Waals surface area contributed by atoms with Crippen molar-refractivity contribution < 1.29 is 14.6 Å². The summed E-state index contributed by atoms with van der Waals surface area (Å²) in [5, 5.41) is 27.0. The van der Waals surface area contributed by atoms with E-state index in [1.165, 1.54) is 0 Å². The first-order valence-electron chi connectivity index (χ1n) is 10.2. The van der Waals surface area contributed by atoms with E-state index in [4.69, 9.17) is 10.3 Å². The molecule has 0 spiro atoms. The Balaban J connectivity index is 1.67. The first-order valence-corrected chi connectivity index (χ1v) is 10.2. The second-order valence-corrected chi connectivity index (χ2v) is 8.96. The molecule has 1 saturated carbocycles. The highest BCUT2D eigenvalue weighted by Gasteiger charge is 2.52. The van der Waals surface area contributed by atoms with E-state index in [9.17, 15) is 15.2 Å². The topological polar surface area (TPSA) is 134 Å². The lowest BCUT2D eigenvalue weighted by molar-refractivity contribution is -0.0283. The van der Waals surface area contributed by atoms with Gasteiger partial charge in [-0.2, -0.15) is 5.26 Å². The van der Waals surface area contributed by atoms with Gasteiger partial charge in [0.2, 0.25) is 0 Å². The van der Waals surface area contributed by atoms with Crippen LogP contribution in [0.25, 0.3) is 10.4 Å². The van der Waals surface area contributed by atoms with E-state index in [1.807, 2.05) is 20.8 Å². The van der Waals surface area contributed by atoms with Gasteiger partial charge in [0.1, 0.15) is 17.9 Å². The second kappa shape index (κ2) is 8.92. The van der Waals surface area contributed by atoms with E-state index in [1.54, 1.807) is 29.2 Å². The van der Waals surface area contributed by atoms with Crippen molar-refractivity contribution in [3.05, 3.63) is 40.3 Å². The van der Waals surface area contributed by atoms with Crippen LogP contribution in [0.1, 0.15) is 45.6 Å². The minimum atomic E-state index is -1.03. The third-order valence-corrected chi connectivity index (χ3v) is 5.64. The lowest BCUT2D eigenvalue weighted by Gasteiger charge is -2.39. The van der Waals surface area contributed by atoms with Crippen LogP contribution in [0.2, 0.25) is 0 Å². The molecule has 2 aliphatic rings. The number of carbonyl (C=O) groups excluding carboxylic acids is 1. The van der Waals surface area contributed by atoms with Crippen LogP contribution in [0.15, 0.2) is 29.4 Å². The number of azide groups is 1. The molecule has 1 heterocycles. The monoisotopic (exact) mass is 412 g/mol. The van der Waals surface area contributed by atoms with Crippen molar-refractivity contribution in [2.75, 3.05) is 0 Å². The normalized spacial score (nSPS) is 24.6. The Morgan fingerprint density at radius 3 is 2.73 bits per heavy atom. The molecular formula is C21H28N6O3. The smallest absolute Gasteiger partial charge is 0.410 e. The Hall–Kier alpha value is -2.79. The highest BCUT2D eigenvalue weighted by molar-refractivity contribution is 5.70. The Morgan fingerprint density at radius 1 is 1.43 bits per heavy atom. The van der Waals surface area contributed by atoms with Crippen LogP contribution in [-0.4, -0.2) is 46.1 Å². The zero-order valence-corrected chi connectivity index (χ0v) is 17.5. The van der Waals surface area contributed by atoms with Gasteiger partial charge in [-0.05, 0) is 57.0 Å². The van der Waals surface area contributed by atoms with Crippen LogP contribution >= 0.6 is 0 Å². The van der Waals surface area contributed by atoms with Crippen LogP contribution in [0.3, 0.4) is 0 Å². The molecule has 9 heteroatoms. The molecule has 3 rings (SSSR count). The number of carbonyl (C=O) groups is 1. The number of benzene rings is 1. The van der Waals surface area contributed by atoms with Gasteiger partial charge in [-0.25, -0.2) is 4.79 Å². The largest absolute Gasteiger partial charge is 0.444 e. The average Bonchev–Trinajstić information content (AvgIpc) is 3.29. The number of nitrogens with one attached hydrogen (secondary N) is 1. The van der Waals surface area contributed by atoms with E-state index in [0.717, 1.165) is 24.8 Å². The lowest BCUT2D eigenvalue weighted by atomic mass is 9.96. The van der Waals surface area contributed by atoms with Crippen molar-refractivity contribution >= 4 is 11.8 Å². The third-order valence-electron chi connectivity index (χ3n) is 5.64. The molecule has 2 fully saturated rings. The number of rotatable bonds is 6. The molecule has 2 N–H and O–H groups in total. The van der Waals surface area contributed by atoms with E-state index < -0.39 is 30.0 Å². The van der Waals surface area contributed by atoms with Gasteiger partial charge < -0.3 is 9.84 Å². The van der Waals surface area contributed by atoms with Crippen molar-refractivity contribution in [1.82, 2.24) is 10.2 Å². The fourth-order valence-corrected chi connectivity index (χ4v) is 4.45. The van der Waals surface area contributed by atoms with Gasteiger partial charge in [0, 0.05) is 23.1 Å². The summed E-state index contributed by atoms with van der Waals surface area (Å²) >= 11 is 0. The predicted octanol–water partition coefficient (Wildman–Crippen LogP) is 3.76. The number of likely N-dealkylation sites (tertiary alicyclic amines) is 1. The first kappa shape index (κ1) is 21.9. The highest BCUT2D eigenvalue weighted by Crippen LogP contribution is 2.44. The molecule has 2 bridgehead atoms. The summed E-state index contributed by atoms with van der Waals surface area (Å²) < 4.78 is 5.56. The number of fused-ring (bicyclic) bond motifs is 2. The molecule has 0 radical (unpaired) electrons. The molecular weight excluding hydrogens is 384 g/mol. The zero-order valence-electron chi connectivity index (χ0n) is 17.5. The number of ether oxygens (including phenoxy) is 1. The molecule has 1 aliphatic heterocycles. The van der Waals surface area contributed by atoms with Gasteiger partial charge in [0.15, 0.2) is 0 Å². The average molecular weight is 412 g/mol. The number of aliphatic hydroxyl groups is 1. The fraction of sp³-hybridized carbons (Fsp3) is 0.619. The van der Waals surface area contributed by atoms with Crippen LogP contribution < -0.4 is 5.32 Å². The van der Waals surface area contributed by atoms with Gasteiger partial charge >= 0.3 is 6.09 Å². The standard InChI is InChI=1S/C21H28N6O3/c1-21(2,3)30-20(29)27-17-9-6-14(11-17)18(27)19(28)24-16(12-22)10-13-4-7-15(8-5-13)25-26-23/h4-5,7-8,14,16-19,24,28H,6,9-11H2,1-3H3. The molecule has 1 amide bonds. The summed E-state index contributed by atoms with van der Waals surface area (Å²) in [6.07, 6.45) is 1.64. The zero-order chi connectivity index (χ0) is 21.9. The summed E-state index contributed by atoms with van der Waals surface area (Å²) in [4.78, 5) is 17.2. The summed E-state index contributed by atoms with van der Waals surface area (Å²) in [5.41, 5.74) is 9.24. The van der Waals surface area contributed by atoms with Gasteiger partial charge in [-0.1, -0.05) is 29.4 Å². The number of piperidine rings is 1. The number of amides is 1. The molecule has 5 unspecified atom stereocenters. The quantitative estimate of drug-likeness (QED) is 0.317. The molecule has 1 aromatic rings. The first-order chi connectivity index (χ1) is 14.2. The van der Waals surface area contributed by atoms with Gasteiger partial charge in [-0.3, -0.25) is 10.2 Å². The van der Waals surface area contributed by atoms with E-state index in [-0.39, 0.29) is 12.0 Å². The number of nitrogens with zero attached hydrogens (tertiary/aromatic N) is 5. The molecule has 1 aromatic carbocycles. The minimum Gasteiger partial charge on any atom is -0.444 e. The number of hydrogen-bond donors (Lipinski definition) is 2. The lowest BCUT2D eigenvalue weighted by Crippen LogP contribution is -2.57. The Morgan fingerprint density at radius 2 is 2.13 bits per heavy atom.